The number of benzene rings is 1. The average molecular weight is 283 g/mol. The molecule has 0 aliphatic heterocycles. The largest absolute Gasteiger partial charge is 0.406 e. The third-order valence-corrected chi connectivity index (χ3v) is 2.36. The average Bonchev–Trinajstić information content (AvgIpc) is 2.66. The molecule has 0 unspecified atom stereocenters. The van der Waals surface area contributed by atoms with Crippen molar-refractivity contribution in [2.75, 3.05) is 12.4 Å². The quantitative estimate of drug-likeness (QED) is 0.901. The van der Waals surface area contributed by atoms with Gasteiger partial charge < -0.3 is 15.1 Å². The Bertz CT molecular complexity index is 471. The zero-order valence-electron chi connectivity index (χ0n) is 8.70. The lowest BCUT2D eigenvalue weighted by Gasteiger charge is -2.00. The summed E-state index contributed by atoms with van der Waals surface area (Å²) in [6, 6.07) is 8.13. The maximum atomic E-state index is 5.36. The molecule has 0 saturated carbocycles. The van der Waals surface area contributed by atoms with Crippen LogP contribution in [0.2, 0.25) is 0 Å². The Morgan fingerprint density at radius 2 is 2.25 bits per heavy atom. The molecule has 1 heterocycles. The Balaban J connectivity index is 2.08. The summed E-state index contributed by atoms with van der Waals surface area (Å²) in [5.74, 6) is 0.556. The van der Waals surface area contributed by atoms with Crippen molar-refractivity contribution < 1.29 is 4.42 Å². The Morgan fingerprint density at radius 1 is 1.38 bits per heavy atom. The van der Waals surface area contributed by atoms with Crippen molar-refractivity contribution in [3.8, 4) is 0 Å². The van der Waals surface area contributed by atoms with Gasteiger partial charge in [-0.25, -0.2) is 0 Å². The third-order valence-electron chi connectivity index (χ3n) is 1.87. The molecule has 2 rings (SSSR count). The number of hydrogen-bond donors (Lipinski definition) is 2. The second-order valence-corrected chi connectivity index (χ2v) is 4.08. The fraction of sp³-hybridized carbons (Fsp3) is 0.200. The fourth-order valence-corrected chi connectivity index (χ4v) is 1.62. The van der Waals surface area contributed by atoms with Gasteiger partial charge in [0.2, 0.25) is 5.89 Å². The van der Waals surface area contributed by atoms with Gasteiger partial charge in [0.1, 0.15) is 0 Å². The Hall–Kier alpha value is -1.40. The summed E-state index contributed by atoms with van der Waals surface area (Å²) < 4.78 is 6.35. The smallest absolute Gasteiger partial charge is 0.320 e. The minimum absolute atomic E-state index is 0.392. The van der Waals surface area contributed by atoms with Crippen molar-refractivity contribution in [2.24, 2.45) is 0 Å². The van der Waals surface area contributed by atoms with Crippen molar-refractivity contribution in [1.82, 2.24) is 15.5 Å². The molecule has 0 radical (unpaired) electrons. The number of nitrogens with zero attached hydrogens (tertiary/aromatic N) is 2. The first-order chi connectivity index (χ1) is 7.78. The van der Waals surface area contributed by atoms with E-state index in [1.54, 1.807) is 0 Å². The molecule has 0 amide bonds. The van der Waals surface area contributed by atoms with Crippen LogP contribution in [0.1, 0.15) is 5.89 Å². The topological polar surface area (TPSA) is 63.0 Å². The number of anilines is 2. The molecule has 0 aliphatic carbocycles. The van der Waals surface area contributed by atoms with Crippen LogP contribution in [0.4, 0.5) is 11.7 Å². The van der Waals surface area contributed by atoms with Crippen LogP contribution in [-0.4, -0.2) is 17.2 Å². The van der Waals surface area contributed by atoms with Crippen LogP contribution in [0.3, 0.4) is 0 Å². The van der Waals surface area contributed by atoms with Crippen LogP contribution in [0.15, 0.2) is 33.2 Å². The molecule has 0 spiro atoms. The molecule has 1 aromatic heterocycles. The van der Waals surface area contributed by atoms with Crippen molar-refractivity contribution in [2.45, 2.75) is 6.54 Å². The second kappa shape index (κ2) is 5.09. The molecular weight excluding hydrogens is 272 g/mol. The number of halogens is 1. The van der Waals surface area contributed by atoms with Crippen molar-refractivity contribution in [1.29, 1.82) is 0 Å². The highest BCUT2D eigenvalue weighted by Crippen LogP contribution is 2.19. The molecule has 0 atom stereocenters. The minimum atomic E-state index is 0.392. The normalized spacial score (nSPS) is 10.4. The van der Waals surface area contributed by atoms with E-state index in [1.807, 2.05) is 31.3 Å². The molecule has 0 fully saturated rings. The molecule has 2 aromatic rings. The first-order valence-electron chi connectivity index (χ1n) is 4.77. The highest BCUT2D eigenvalue weighted by Gasteiger charge is 2.04. The summed E-state index contributed by atoms with van der Waals surface area (Å²) in [5, 5.41) is 13.7. The summed E-state index contributed by atoms with van der Waals surface area (Å²) in [6.45, 7) is 0.563. The lowest BCUT2D eigenvalue weighted by atomic mass is 10.3. The molecule has 16 heavy (non-hydrogen) atoms. The molecule has 0 bridgehead atoms. The third kappa shape index (κ3) is 2.80. The lowest BCUT2D eigenvalue weighted by molar-refractivity contribution is 0.493. The maximum Gasteiger partial charge on any atom is 0.320 e. The Morgan fingerprint density at radius 3 is 3.00 bits per heavy atom. The predicted octanol–water partition coefficient (Wildman–Crippen LogP) is 2.30. The van der Waals surface area contributed by atoms with Gasteiger partial charge in [-0.05, 0) is 25.2 Å². The summed E-state index contributed by atoms with van der Waals surface area (Å²) in [7, 11) is 1.83. The number of rotatable bonds is 4. The van der Waals surface area contributed by atoms with E-state index in [9.17, 15) is 0 Å². The van der Waals surface area contributed by atoms with E-state index in [1.165, 1.54) is 0 Å². The zero-order chi connectivity index (χ0) is 11.4. The van der Waals surface area contributed by atoms with E-state index >= 15 is 0 Å². The zero-order valence-corrected chi connectivity index (χ0v) is 10.3. The Labute approximate surface area is 101 Å². The number of hydrogen-bond acceptors (Lipinski definition) is 5. The number of nitrogens with one attached hydrogen (secondary N) is 2. The highest BCUT2D eigenvalue weighted by molar-refractivity contribution is 9.10. The molecule has 0 aliphatic rings. The lowest BCUT2D eigenvalue weighted by Crippen LogP contribution is -2.04. The maximum absolute atomic E-state index is 5.36. The van der Waals surface area contributed by atoms with Crippen LogP contribution in [0.25, 0.3) is 0 Å². The van der Waals surface area contributed by atoms with E-state index in [0.29, 0.717) is 18.5 Å². The van der Waals surface area contributed by atoms with Gasteiger partial charge >= 0.3 is 6.01 Å². The Kier molecular flexibility index (Phi) is 3.53. The van der Waals surface area contributed by atoms with E-state index in [4.69, 9.17) is 4.42 Å². The molecule has 1 aromatic carbocycles. The predicted molar refractivity (Wildman–Crippen MR) is 64.5 cm³/mol. The van der Waals surface area contributed by atoms with Crippen LogP contribution < -0.4 is 10.6 Å². The molecule has 6 heteroatoms. The standard InChI is InChI=1S/C10H11BrN4O/c1-12-6-9-14-15-10(16-9)13-8-4-2-3-7(11)5-8/h2-5,12H,6H2,1H3,(H,13,15). The van der Waals surface area contributed by atoms with E-state index in [-0.39, 0.29) is 0 Å². The van der Waals surface area contributed by atoms with Gasteiger partial charge in [-0.3, -0.25) is 0 Å². The van der Waals surface area contributed by atoms with Gasteiger partial charge in [-0.15, -0.1) is 5.10 Å². The molecule has 0 saturated heterocycles. The molecule has 5 nitrogen and oxygen atoms in total. The van der Waals surface area contributed by atoms with Crippen LogP contribution in [-0.2, 0) is 6.54 Å². The van der Waals surface area contributed by atoms with Gasteiger partial charge in [-0.1, -0.05) is 27.1 Å². The summed E-state index contributed by atoms with van der Waals surface area (Å²) in [4.78, 5) is 0. The molecule has 84 valence electrons. The summed E-state index contributed by atoms with van der Waals surface area (Å²) in [6.07, 6.45) is 0. The van der Waals surface area contributed by atoms with Crippen LogP contribution in [0, 0.1) is 0 Å². The molecular formula is C10H11BrN4O. The molecule has 2 N–H and O–H groups in total. The second-order valence-electron chi connectivity index (χ2n) is 3.17. The van der Waals surface area contributed by atoms with Gasteiger partial charge in [0.05, 0.1) is 6.54 Å². The monoisotopic (exact) mass is 282 g/mol. The summed E-state index contributed by atoms with van der Waals surface area (Å²) in [5.41, 5.74) is 0.897. The van der Waals surface area contributed by atoms with Crippen LogP contribution in [0.5, 0.6) is 0 Å². The van der Waals surface area contributed by atoms with Gasteiger partial charge in [0.25, 0.3) is 0 Å². The fourth-order valence-electron chi connectivity index (χ4n) is 1.22. The minimum Gasteiger partial charge on any atom is -0.406 e. The first kappa shape index (κ1) is 11.1. The van der Waals surface area contributed by atoms with E-state index in [0.717, 1.165) is 10.2 Å². The van der Waals surface area contributed by atoms with E-state index in [2.05, 4.69) is 36.8 Å². The highest BCUT2D eigenvalue weighted by atomic mass is 79.9. The van der Waals surface area contributed by atoms with E-state index < -0.39 is 0 Å². The van der Waals surface area contributed by atoms with Crippen molar-refractivity contribution in [3.05, 3.63) is 34.6 Å². The first-order valence-corrected chi connectivity index (χ1v) is 5.57. The van der Waals surface area contributed by atoms with Gasteiger partial charge in [0, 0.05) is 10.2 Å². The van der Waals surface area contributed by atoms with Gasteiger partial charge in [-0.2, -0.15) is 0 Å². The van der Waals surface area contributed by atoms with Crippen molar-refractivity contribution in [3.63, 3.8) is 0 Å². The van der Waals surface area contributed by atoms with Crippen molar-refractivity contribution >= 4 is 27.6 Å². The van der Waals surface area contributed by atoms with Gasteiger partial charge in [0.15, 0.2) is 0 Å². The SMILES string of the molecule is CNCc1nnc(Nc2cccc(Br)c2)o1. The summed E-state index contributed by atoms with van der Waals surface area (Å²) >= 11 is 3.39. The number of aromatic nitrogens is 2. The van der Waals surface area contributed by atoms with Crippen LogP contribution >= 0.6 is 15.9 Å².